The van der Waals surface area contributed by atoms with Gasteiger partial charge in [-0.15, -0.1) is 6.58 Å². The van der Waals surface area contributed by atoms with Crippen LogP contribution in [0.5, 0.6) is 0 Å². The summed E-state index contributed by atoms with van der Waals surface area (Å²) in [6, 6.07) is 0. The van der Waals surface area contributed by atoms with E-state index in [9.17, 15) is 4.79 Å². The third-order valence-corrected chi connectivity index (χ3v) is 3.58. The van der Waals surface area contributed by atoms with Gasteiger partial charge in [0, 0.05) is 0 Å². The third-order valence-electron chi connectivity index (χ3n) is 1.40. The maximum atomic E-state index is 11.4. The van der Waals surface area contributed by atoms with E-state index in [2.05, 4.69) is 13.2 Å². The van der Waals surface area contributed by atoms with Crippen LogP contribution in [0.2, 0.25) is 0 Å². The molecular formula is C9H14O2Si. The molecule has 0 aliphatic carbocycles. The van der Waals surface area contributed by atoms with E-state index < -0.39 is 8.80 Å². The molecule has 0 saturated carbocycles. The summed E-state index contributed by atoms with van der Waals surface area (Å²) in [5.41, 5.74) is 4.07. The minimum atomic E-state index is -1.66. The fraction of sp³-hybridized carbons (Fsp3) is 0.222. The summed E-state index contributed by atoms with van der Waals surface area (Å²) in [5.74, 6) is 0. The van der Waals surface area contributed by atoms with Crippen LogP contribution in [0.1, 0.15) is 6.92 Å². The molecule has 0 spiro atoms. The molecule has 0 aliphatic heterocycles. The second-order valence-corrected chi connectivity index (χ2v) is 4.90. The van der Waals surface area contributed by atoms with E-state index in [0.717, 1.165) is 0 Å². The molecular weight excluding hydrogens is 168 g/mol. The van der Waals surface area contributed by atoms with Crippen molar-refractivity contribution >= 4 is 14.2 Å². The zero-order valence-corrected chi connectivity index (χ0v) is 8.69. The van der Waals surface area contributed by atoms with Crippen LogP contribution in [0.4, 0.5) is 0 Å². The maximum Gasteiger partial charge on any atom is 0.172 e. The first kappa shape index (κ1) is 10.9. The van der Waals surface area contributed by atoms with Crippen LogP contribution in [-0.2, 0) is 9.53 Å². The molecule has 0 N–H and O–H groups in total. The Labute approximate surface area is 74.8 Å². The number of allylic oxidation sites excluding steroid dienone is 1. The fourth-order valence-corrected chi connectivity index (χ4v) is 2.16. The Morgan fingerprint density at radius 3 is 2.50 bits per heavy atom. The molecule has 0 heterocycles. The number of hydrogen-bond donors (Lipinski definition) is 0. The van der Waals surface area contributed by atoms with E-state index in [4.69, 9.17) is 4.74 Å². The van der Waals surface area contributed by atoms with Crippen molar-refractivity contribution in [3.8, 4) is 0 Å². The number of carbonyl (C=O) groups is 1. The third kappa shape index (κ3) is 3.34. The molecule has 0 aromatic rings. The van der Waals surface area contributed by atoms with Crippen molar-refractivity contribution in [2.75, 3.05) is 7.11 Å². The van der Waals surface area contributed by atoms with Crippen molar-refractivity contribution in [2.24, 2.45) is 0 Å². The highest BCUT2D eigenvalue weighted by Gasteiger charge is 2.13. The van der Waals surface area contributed by atoms with Crippen molar-refractivity contribution < 1.29 is 9.53 Å². The zero-order chi connectivity index (χ0) is 9.56. The summed E-state index contributed by atoms with van der Waals surface area (Å²) < 4.78 is 4.73. The number of ether oxygens (including phenoxy) is 1. The van der Waals surface area contributed by atoms with Gasteiger partial charge < -0.3 is 4.74 Å². The fourth-order valence-electron chi connectivity index (χ4n) is 0.721. The van der Waals surface area contributed by atoms with E-state index in [1.54, 1.807) is 25.4 Å². The Balaban J connectivity index is 4.35. The Morgan fingerprint density at radius 1 is 1.58 bits per heavy atom. The molecule has 0 saturated heterocycles. The Morgan fingerprint density at radius 2 is 2.17 bits per heavy atom. The van der Waals surface area contributed by atoms with E-state index in [-0.39, 0.29) is 5.41 Å². The number of carbonyl (C=O) groups excluding carboxylic acids is 1. The molecule has 3 heteroatoms. The van der Waals surface area contributed by atoms with Gasteiger partial charge in [0.25, 0.3) is 0 Å². The smallest absolute Gasteiger partial charge is 0.172 e. The molecule has 0 amide bonds. The summed E-state index contributed by atoms with van der Waals surface area (Å²) in [5, 5.41) is 0.110. The normalized spacial score (nSPS) is 12.5. The van der Waals surface area contributed by atoms with Crippen LogP contribution in [0, 0.1) is 0 Å². The van der Waals surface area contributed by atoms with Gasteiger partial charge in [-0.1, -0.05) is 18.0 Å². The summed E-state index contributed by atoms with van der Waals surface area (Å²) >= 11 is 0. The number of hydrogen-bond acceptors (Lipinski definition) is 2. The maximum absolute atomic E-state index is 11.4. The lowest BCUT2D eigenvalue weighted by molar-refractivity contribution is -0.109. The van der Waals surface area contributed by atoms with Gasteiger partial charge in [-0.2, -0.15) is 0 Å². The van der Waals surface area contributed by atoms with Crippen molar-refractivity contribution in [3.63, 3.8) is 0 Å². The largest absolute Gasteiger partial charge is 0.505 e. The highest BCUT2D eigenvalue weighted by atomic mass is 28.3. The predicted octanol–water partition coefficient (Wildman–Crippen LogP) is 1.32. The van der Waals surface area contributed by atoms with Crippen molar-refractivity contribution in [2.45, 2.75) is 6.92 Å². The molecule has 0 radical (unpaired) electrons. The van der Waals surface area contributed by atoms with Gasteiger partial charge in [0.05, 0.1) is 13.4 Å². The lowest BCUT2D eigenvalue weighted by atomic mass is 10.4. The quantitative estimate of drug-likeness (QED) is 0.364. The van der Waals surface area contributed by atoms with E-state index >= 15 is 0 Å². The standard InChI is InChI=1S/C9H14O2Si/c1-5-12(7-6-11-4)9(10)8(2)3/h5-7,12H,1-2H2,3-4H3. The topological polar surface area (TPSA) is 26.3 Å². The average molecular weight is 182 g/mol. The molecule has 0 aromatic heterocycles. The molecule has 2 nitrogen and oxygen atoms in total. The first-order valence-corrected chi connectivity index (χ1v) is 5.56. The zero-order valence-electron chi connectivity index (χ0n) is 7.54. The van der Waals surface area contributed by atoms with Crippen LogP contribution in [0.15, 0.2) is 36.4 Å². The molecule has 0 bridgehead atoms. The first-order valence-electron chi connectivity index (χ1n) is 3.65. The monoisotopic (exact) mass is 182 g/mol. The minimum Gasteiger partial charge on any atom is -0.505 e. The molecule has 0 aromatic carbocycles. The van der Waals surface area contributed by atoms with Gasteiger partial charge in [0.1, 0.15) is 5.41 Å². The van der Waals surface area contributed by atoms with Crippen LogP contribution >= 0.6 is 0 Å². The van der Waals surface area contributed by atoms with Crippen LogP contribution in [-0.4, -0.2) is 21.3 Å². The van der Waals surface area contributed by atoms with Gasteiger partial charge in [-0.05, 0) is 12.5 Å². The van der Waals surface area contributed by atoms with Crippen LogP contribution in [0.25, 0.3) is 0 Å². The highest BCUT2D eigenvalue weighted by molar-refractivity contribution is 6.99. The van der Waals surface area contributed by atoms with Gasteiger partial charge >= 0.3 is 0 Å². The summed E-state index contributed by atoms with van der Waals surface area (Å²) in [6.07, 6.45) is 1.53. The van der Waals surface area contributed by atoms with E-state index in [1.165, 1.54) is 6.26 Å². The van der Waals surface area contributed by atoms with Crippen LogP contribution in [0.3, 0.4) is 0 Å². The van der Waals surface area contributed by atoms with Crippen molar-refractivity contribution in [3.05, 3.63) is 36.4 Å². The lowest BCUT2D eigenvalue weighted by Gasteiger charge is -2.02. The Kier molecular flexibility index (Phi) is 5.04. The van der Waals surface area contributed by atoms with E-state index in [0.29, 0.717) is 5.57 Å². The molecule has 0 rings (SSSR count). The SMILES string of the molecule is C=C[SiH](C=COC)C(=O)C(=C)C. The highest BCUT2D eigenvalue weighted by Crippen LogP contribution is 1.98. The van der Waals surface area contributed by atoms with Gasteiger partial charge in [0.15, 0.2) is 8.80 Å². The Hall–Kier alpha value is -1.09. The van der Waals surface area contributed by atoms with Crippen molar-refractivity contribution in [1.82, 2.24) is 0 Å². The summed E-state index contributed by atoms with van der Waals surface area (Å²) in [7, 11) is -0.111. The molecule has 0 fully saturated rings. The number of rotatable bonds is 5. The summed E-state index contributed by atoms with van der Waals surface area (Å²) in [4.78, 5) is 11.4. The van der Waals surface area contributed by atoms with Crippen LogP contribution < -0.4 is 0 Å². The molecule has 0 aliphatic rings. The second kappa shape index (κ2) is 5.54. The van der Waals surface area contributed by atoms with Gasteiger partial charge in [-0.25, -0.2) is 0 Å². The van der Waals surface area contributed by atoms with Crippen molar-refractivity contribution in [1.29, 1.82) is 0 Å². The summed E-state index contributed by atoms with van der Waals surface area (Å²) in [6.45, 7) is 8.92. The molecule has 12 heavy (non-hydrogen) atoms. The Bertz CT molecular complexity index is 219. The predicted molar refractivity (Wildman–Crippen MR) is 53.3 cm³/mol. The second-order valence-electron chi connectivity index (χ2n) is 2.47. The molecule has 66 valence electrons. The first-order chi connectivity index (χ1) is 5.63. The molecule has 1 atom stereocenters. The van der Waals surface area contributed by atoms with E-state index in [1.807, 2.05) is 0 Å². The minimum absolute atomic E-state index is 0.110. The molecule has 1 unspecified atom stereocenters. The average Bonchev–Trinajstić information content (AvgIpc) is 2.05. The number of methoxy groups -OCH3 is 1. The van der Waals surface area contributed by atoms with Gasteiger partial charge in [-0.3, -0.25) is 4.79 Å². The van der Waals surface area contributed by atoms with Gasteiger partial charge in [0.2, 0.25) is 0 Å². The lowest BCUT2D eigenvalue weighted by Crippen LogP contribution is -2.21.